The number of hydrogen-bond acceptors (Lipinski definition) is 7. The fourth-order valence-corrected chi connectivity index (χ4v) is 7.99. The van der Waals surface area contributed by atoms with Gasteiger partial charge >= 0.3 is 0 Å². The number of piperazine rings is 1. The predicted molar refractivity (Wildman–Crippen MR) is 137 cm³/mol. The zero-order valence-electron chi connectivity index (χ0n) is 21.3. The summed E-state index contributed by atoms with van der Waals surface area (Å²) >= 11 is 1.64. The summed E-state index contributed by atoms with van der Waals surface area (Å²) in [6.07, 6.45) is 5.44. The zero-order valence-corrected chi connectivity index (χ0v) is 22.1. The highest BCUT2D eigenvalue weighted by molar-refractivity contribution is 7.15. The second-order valence-corrected chi connectivity index (χ2v) is 12.3. The minimum Gasteiger partial charge on any atom is -0.396 e. The van der Waals surface area contributed by atoms with Crippen LogP contribution in [-0.2, 0) is 16.0 Å². The highest BCUT2D eigenvalue weighted by Crippen LogP contribution is 2.63. The van der Waals surface area contributed by atoms with Crippen molar-refractivity contribution in [1.82, 2.24) is 19.8 Å². The van der Waals surface area contributed by atoms with E-state index in [2.05, 4.69) is 11.9 Å². The summed E-state index contributed by atoms with van der Waals surface area (Å²) in [5.41, 5.74) is 1.03. The van der Waals surface area contributed by atoms with E-state index >= 15 is 0 Å². The van der Waals surface area contributed by atoms with E-state index in [1.54, 1.807) is 29.4 Å². The van der Waals surface area contributed by atoms with Gasteiger partial charge in [-0.05, 0) is 42.7 Å². The van der Waals surface area contributed by atoms with Crippen LogP contribution in [-0.4, -0.2) is 80.7 Å². The number of pyridine rings is 1. The Kier molecular flexibility index (Phi) is 6.68. The summed E-state index contributed by atoms with van der Waals surface area (Å²) in [6, 6.07) is 3.90. The maximum absolute atomic E-state index is 13.6. The van der Waals surface area contributed by atoms with Crippen LogP contribution >= 0.6 is 11.3 Å². The minimum absolute atomic E-state index is 0.0285. The first-order chi connectivity index (χ1) is 17.2. The molecule has 2 aromatic rings. The van der Waals surface area contributed by atoms with Crippen LogP contribution in [0.5, 0.6) is 0 Å². The summed E-state index contributed by atoms with van der Waals surface area (Å²) in [5.74, 6) is 0.0538. The number of aliphatic hydroxyl groups excluding tert-OH is 2. The normalized spacial score (nSPS) is 32.1. The van der Waals surface area contributed by atoms with Crippen molar-refractivity contribution in [2.75, 3.05) is 32.8 Å². The summed E-state index contributed by atoms with van der Waals surface area (Å²) < 4.78 is 0. The summed E-state index contributed by atoms with van der Waals surface area (Å²) in [7, 11) is 0. The summed E-state index contributed by atoms with van der Waals surface area (Å²) in [4.78, 5) is 39.5. The maximum atomic E-state index is 13.6. The van der Waals surface area contributed by atoms with Crippen LogP contribution in [0, 0.1) is 16.7 Å². The molecular weight excluding hydrogens is 476 g/mol. The first-order valence-corrected chi connectivity index (χ1v) is 13.7. The first kappa shape index (κ1) is 25.3. The van der Waals surface area contributed by atoms with Crippen molar-refractivity contribution in [1.29, 1.82) is 0 Å². The Bertz CT molecular complexity index is 1130. The number of nitrogens with zero attached hydrogens (tertiary/aromatic N) is 4. The lowest BCUT2D eigenvalue weighted by molar-refractivity contribution is -0.149. The van der Waals surface area contributed by atoms with Crippen molar-refractivity contribution in [3.05, 3.63) is 35.1 Å². The van der Waals surface area contributed by atoms with Crippen LogP contribution < -0.4 is 0 Å². The van der Waals surface area contributed by atoms with Crippen LogP contribution in [0.1, 0.15) is 56.5 Å². The molecule has 5 atom stereocenters. The van der Waals surface area contributed by atoms with Gasteiger partial charge in [-0.25, -0.2) is 4.98 Å². The molecule has 2 N–H and O–H groups in total. The smallest absolute Gasteiger partial charge is 0.223 e. The summed E-state index contributed by atoms with van der Waals surface area (Å²) in [6.45, 7) is 7.92. The number of aromatic nitrogens is 2. The number of rotatable bonds is 4. The molecule has 5 rings (SSSR count). The molecule has 2 aliphatic carbocycles. The second kappa shape index (κ2) is 9.50. The monoisotopic (exact) mass is 512 g/mol. The Morgan fingerprint density at radius 3 is 2.56 bits per heavy atom. The van der Waals surface area contributed by atoms with Crippen molar-refractivity contribution in [2.24, 2.45) is 16.7 Å². The van der Waals surface area contributed by atoms with Gasteiger partial charge in [-0.2, -0.15) is 0 Å². The number of thiazole rings is 1. The number of carbonyl (C=O) groups excluding carboxylic acids is 2. The van der Waals surface area contributed by atoms with Gasteiger partial charge < -0.3 is 20.0 Å². The molecule has 5 unspecified atom stereocenters. The second-order valence-electron chi connectivity index (χ2n) is 11.2. The zero-order chi connectivity index (χ0) is 25.7. The van der Waals surface area contributed by atoms with Crippen molar-refractivity contribution >= 4 is 23.2 Å². The predicted octanol–water partition coefficient (Wildman–Crippen LogP) is 2.70. The van der Waals surface area contributed by atoms with Crippen LogP contribution in [0.15, 0.2) is 24.5 Å². The standard InChI is InChI=1S/C27H36N4O4S/c1-17(33)30-9-11-31(12-10-30)23(35)13-19-24-20(36-25(29-24)18-5-4-8-28-15-18)14-21-26(19,2)7-6-22(34)27(21,3)16-32/h4-5,8,15,19,21-22,32,34H,6-7,9-14,16H2,1-3H3. The fraction of sp³-hybridized carbons (Fsp3) is 0.630. The quantitative estimate of drug-likeness (QED) is 0.652. The molecule has 1 aliphatic heterocycles. The lowest BCUT2D eigenvalue weighted by atomic mass is 9.47. The molecule has 1 saturated heterocycles. The molecule has 36 heavy (non-hydrogen) atoms. The van der Waals surface area contributed by atoms with Gasteiger partial charge in [-0.15, -0.1) is 11.3 Å². The Morgan fingerprint density at radius 1 is 1.19 bits per heavy atom. The molecule has 2 aromatic heterocycles. The van der Waals surface area contributed by atoms with E-state index in [4.69, 9.17) is 4.98 Å². The van der Waals surface area contributed by atoms with E-state index in [1.807, 2.05) is 30.2 Å². The molecule has 0 spiro atoms. The van der Waals surface area contributed by atoms with Crippen molar-refractivity contribution in [2.45, 2.75) is 58.5 Å². The third-order valence-corrected chi connectivity index (χ3v) is 10.4. The topological polar surface area (TPSA) is 107 Å². The number of carbonyl (C=O) groups is 2. The molecule has 0 bridgehead atoms. The summed E-state index contributed by atoms with van der Waals surface area (Å²) in [5, 5.41) is 22.3. The lowest BCUT2D eigenvalue weighted by Gasteiger charge is -2.58. The maximum Gasteiger partial charge on any atom is 0.223 e. The van der Waals surface area contributed by atoms with Gasteiger partial charge in [0.05, 0.1) is 18.4 Å². The van der Waals surface area contributed by atoms with Gasteiger partial charge in [0, 0.05) is 73.7 Å². The molecule has 1 saturated carbocycles. The molecule has 2 fully saturated rings. The number of hydrogen-bond donors (Lipinski definition) is 2. The molecule has 2 amide bonds. The molecule has 9 heteroatoms. The molecule has 0 radical (unpaired) electrons. The van der Waals surface area contributed by atoms with E-state index in [-0.39, 0.29) is 35.7 Å². The van der Waals surface area contributed by atoms with Gasteiger partial charge in [0.2, 0.25) is 11.8 Å². The van der Waals surface area contributed by atoms with E-state index in [0.29, 0.717) is 39.0 Å². The highest BCUT2D eigenvalue weighted by Gasteiger charge is 2.59. The van der Waals surface area contributed by atoms with Crippen LogP contribution in [0.25, 0.3) is 10.6 Å². The van der Waals surface area contributed by atoms with Gasteiger partial charge in [-0.3, -0.25) is 14.6 Å². The van der Waals surface area contributed by atoms with E-state index in [1.165, 1.54) is 0 Å². The molecule has 194 valence electrons. The van der Waals surface area contributed by atoms with Crippen LogP contribution in [0.2, 0.25) is 0 Å². The minimum atomic E-state index is -0.641. The number of fused-ring (bicyclic) bond motifs is 2. The largest absolute Gasteiger partial charge is 0.396 e. The van der Waals surface area contributed by atoms with Gasteiger partial charge in [0.15, 0.2) is 0 Å². The molecule has 3 heterocycles. The third-order valence-electron chi connectivity index (χ3n) is 9.26. The van der Waals surface area contributed by atoms with E-state index in [9.17, 15) is 19.8 Å². The van der Waals surface area contributed by atoms with Crippen molar-refractivity contribution < 1.29 is 19.8 Å². The van der Waals surface area contributed by atoms with E-state index < -0.39 is 11.5 Å². The van der Waals surface area contributed by atoms with Crippen molar-refractivity contribution in [3.8, 4) is 10.6 Å². The van der Waals surface area contributed by atoms with Crippen molar-refractivity contribution in [3.63, 3.8) is 0 Å². The molecule has 3 aliphatic rings. The Hall–Kier alpha value is -2.36. The van der Waals surface area contributed by atoms with Gasteiger partial charge in [-0.1, -0.05) is 13.8 Å². The average Bonchev–Trinajstić information content (AvgIpc) is 3.32. The SMILES string of the molecule is CC(=O)N1CCN(C(=O)CC2c3nc(-c4cccnc4)sc3CC3C(C)(CO)C(O)CCC23C)CC1. The molecule has 0 aromatic carbocycles. The van der Waals surface area contributed by atoms with Crippen LogP contribution in [0.4, 0.5) is 0 Å². The molecule has 8 nitrogen and oxygen atoms in total. The number of aliphatic hydroxyl groups is 2. The third kappa shape index (κ3) is 4.15. The number of amides is 2. The van der Waals surface area contributed by atoms with Crippen LogP contribution in [0.3, 0.4) is 0 Å². The van der Waals surface area contributed by atoms with Gasteiger partial charge in [0.25, 0.3) is 0 Å². The Morgan fingerprint density at radius 2 is 1.92 bits per heavy atom. The lowest BCUT2D eigenvalue weighted by Crippen LogP contribution is -2.58. The first-order valence-electron chi connectivity index (χ1n) is 12.9. The Balaban J connectivity index is 1.50. The Labute approximate surface area is 216 Å². The fourth-order valence-electron chi connectivity index (χ4n) is 6.83. The van der Waals surface area contributed by atoms with Gasteiger partial charge in [0.1, 0.15) is 5.01 Å². The average molecular weight is 513 g/mol. The van der Waals surface area contributed by atoms with E-state index in [0.717, 1.165) is 34.0 Å². The highest BCUT2D eigenvalue weighted by atomic mass is 32.1. The molecular formula is C27H36N4O4S.